The second kappa shape index (κ2) is 6.87. The van der Waals surface area contributed by atoms with E-state index in [1.54, 1.807) is 18.3 Å². The monoisotopic (exact) mass is 366 g/mol. The number of nitrogens with one attached hydrogen (secondary N) is 1. The van der Waals surface area contributed by atoms with Gasteiger partial charge in [0.1, 0.15) is 0 Å². The van der Waals surface area contributed by atoms with Gasteiger partial charge in [-0.1, -0.05) is 53.2 Å². The van der Waals surface area contributed by atoms with E-state index < -0.39 is 10.0 Å². The molecule has 110 valence electrons. The van der Waals surface area contributed by atoms with E-state index in [1.807, 2.05) is 37.3 Å². The highest BCUT2D eigenvalue weighted by Crippen LogP contribution is 2.15. The van der Waals surface area contributed by atoms with E-state index in [9.17, 15) is 8.42 Å². The summed E-state index contributed by atoms with van der Waals surface area (Å²) in [5.41, 5.74) is 1.07. The third-order valence-corrected chi connectivity index (χ3v) is 4.69. The first-order valence-corrected chi connectivity index (χ1v) is 8.62. The zero-order valence-electron chi connectivity index (χ0n) is 11.4. The van der Waals surface area contributed by atoms with E-state index >= 15 is 0 Å². The zero-order valence-corrected chi connectivity index (χ0v) is 13.8. The number of halogens is 1. The van der Waals surface area contributed by atoms with Gasteiger partial charge in [-0.2, -0.15) is 13.5 Å². The maximum atomic E-state index is 12.0. The van der Waals surface area contributed by atoms with Crippen molar-refractivity contribution < 1.29 is 8.42 Å². The standard InChI is InChI=1S/C15H15BrN2O2S/c1-12(13-5-3-2-4-6-13)11-17-18-21(19,20)15-9-7-14(16)8-10-15/h2-12,18H,1H3/b17-11-/t12-/m0/s1. The fraction of sp³-hybridized carbons (Fsp3) is 0.133. The highest BCUT2D eigenvalue weighted by atomic mass is 79.9. The summed E-state index contributed by atoms with van der Waals surface area (Å²) in [5, 5.41) is 3.84. The Morgan fingerprint density at radius 1 is 1.10 bits per heavy atom. The van der Waals surface area contributed by atoms with E-state index in [-0.39, 0.29) is 10.8 Å². The smallest absolute Gasteiger partial charge is 0.200 e. The molecule has 6 heteroatoms. The van der Waals surface area contributed by atoms with Gasteiger partial charge in [-0.05, 0) is 29.8 Å². The largest absolute Gasteiger partial charge is 0.276 e. The van der Waals surface area contributed by atoms with Crippen molar-refractivity contribution in [1.29, 1.82) is 0 Å². The maximum Gasteiger partial charge on any atom is 0.276 e. The molecule has 0 aromatic heterocycles. The molecule has 2 aromatic rings. The van der Waals surface area contributed by atoms with Gasteiger partial charge >= 0.3 is 0 Å². The number of sulfonamides is 1. The van der Waals surface area contributed by atoms with E-state index in [1.165, 1.54) is 12.1 Å². The average molecular weight is 367 g/mol. The Bertz CT molecular complexity index is 713. The Morgan fingerprint density at radius 3 is 2.33 bits per heavy atom. The summed E-state index contributed by atoms with van der Waals surface area (Å²) in [6.07, 6.45) is 1.58. The Morgan fingerprint density at radius 2 is 1.71 bits per heavy atom. The molecule has 0 radical (unpaired) electrons. The first kappa shape index (κ1) is 15.7. The van der Waals surface area contributed by atoms with Crippen molar-refractivity contribution >= 4 is 32.2 Å². The van der Waals surface area contributed by atoms with Crippen LogP contribution in [-0.4, -0.2) is 14.6 Å². The van der Waals surface area contributed by atoms with E-state index in [0.29, 0.717) is 0 Å². The number of hydrogen-bond donors (Lipinski definition) is 1. The van der Waals surface area contributed by atoms with Crippen molar-refractivity contribution in [2.24, 2.45) is 5.10 Å². The lowest BCUT2D eigenvalue weighted by atomic mass is 10.0. The molecule has 2 aromatic carbocycles. The molecule has 0 saturated carbocycles. The van der Waals surface area contributed by atoms with Gasteiger partial charge in [0, 0.05) is 16.6 Å². The Hall–Kier alpha value is -1.66. The van der Waals surface area contributed by atoms with Crippen molar-refractivity contribution in [3.63, 3.8) is 0 Å². The van der Waals surface area contributed by atoms with Crippen LogP contribution in [0.4, 0.5) is 0 Å². The Kier molecular flexibility index (Phi) is 5.14. The van der Waals surface area contributed by atoms with Crippen LogP contribution < -0.4 is 4.83 Å². The number of nitrogens with zero attached hydrogens (tertiary/aromatic N) is 1. The summed E-state index contributed by atoms with van der Waals surface area (Å²) in [6, 6.07) is 16.1. The van der Waals surface area contributed by atoms with Crippen LogP contribution in [-0.2, 0) is 10.0 Å². The number of hydrazone groups is 1. The minimum atomic E-state index is -3.62. The fourth-order valence-electron chi connectivity index (χ4n) is 1.72. The molecule has 0 heterocycles. The topological polar surface area (TPSA) is 58.5 Å². The van der Waals surface area contributed by atoms with Gasteiger partial charge < -0.3 is 0 Å². The summed E-state index contributed by atoms with van der Waals surface area (Å²) in [5.74, 6) is 0.0267. The molecule has 2 rings (SSSR count). The van der Waals surface area contributed by atoms with Gasteiger partial charge in [-0.15, -0.1) is 0 Å². The first-order chi connectivity index (χ1) is 9.99. The number of hydrogen-bond acceptors (Lipinski definition) is 3. The van der Waals surface area contributed by atoms with Crippen LogP contribution in [0.25, 0.3) is 0 Å². The van der Waals surface area contributed by atoms with Crippen molar-refractivity contribution in [2.45, 2.75) is 17.7 Å². The molecular formula is C15H15BrN2O2S. The molecule has 0 unspecified atom stereocenters. The summed E-state index contributed by atoms with van der Waals surface area (Å²) in [7, 11) is -3.62. The van der Waals surface area contributed by atoms with Gasteiger partial charge in [0.15, 0.2) is 0 Å². The third kappa shape index (κ3) is 4.41. The van der Waals surface area contributed by atoms with E-state index in [2.05, 4.69) is 25.9 Å². The molecule has 1 N–H and O–H groups in total. The third-order valence-electron chi connectivity index (χ3n) is 2.92. The molecule has 4 nitrogen and oxygen atoms in total. The number of benzene rings is 2. The molecule has 1 atom stereocenters. The molecule has 0 fully saturated rings. The zero-order chi connectivity index (χ0) is 15.3. The minimum absolute atomic E-state index is 0.0267. The molecule has 0 aliphatic heterocycles. The lowest BCUT2D eigenvalue weighted by molar-refractivity contribution is 0.584. The van der Waals surface area contributed by atoms with Gasteiger partial charge in [0.25, 0.3) is 10.0 Å². The molecule has 0 saturated heterocycles. The SMILES string of the molecule is C[C@@H](/C=N\NS(=O)(=O)c1ccc(Br)cc1)c1ccccc1. The van der Waals surface area contributed by atoms with Crippen LogP contribution in [0.1, 0.15) is 18.4 Å². The second-order valence-electron chi connectivity index (χ2n) is 4.53. The van der Waals surface area contributed by atoms with Crippen LogP contribution in [0.2, 0.25) is 0 Å². The van der Waals surface area contributed by atoms with Gasteiger partial charge in [-0.3, -0.25) is 0 Å². The molecule has 0 spiro atoms. The van der Waals surface area contributed by atoms with Crippen LogP contribution in [0, 0.1) is 0 Å². The van der Waals surface area contributed by atoms with Crippen molar-refractivity contribution in [3.8, 4) is 0 Å². The average Bonchev–Trinajstić information content (AvgIpc) is 2.48. The van der Waals surface area contributed by atoms with Gasteiger partial charge in [-0.25, -0.2) is 4.83 Å². The van der Waals surface area contributed by atoms with Gasteiger partial charge in [0.05, 0.1) is 4.90 Å². The lowest BCUT2D eigenvalue weighted by Gasteiger charge is -2.06. The van der Waals surface area contributed by atoms with Gasteiger partial charge in [0.2, 0.25) is 0 Å². The Balaban J connectivity index is 2.05. The van der Waals surface area contributed by atoms with Crippen LogP contribution in [0.5, 0.6) is 0 Å². The number of rotatable bonds is 5. The van der Waals surface area contributed by atoms with Crippen molar-refractivity contribution in [3.05, 3.63) is 64.6 Å². The molecule has 0 amide bonds. The maximum absolute atomic E-state index is 12.0. The highest BCUT2D eigenvalue weighted by molar-refractivity contribution is 9.10. The molecule has 21 heavy (non-hydrogen) atoms. The minimum Gasteiger partial charge on any atom is -0.200 e. The summed E-state index contributed by atoms with van der Waals surface area (Å²) in [4.78, 5) is 2.40. The quantitative estimate of drug-likeness (QED) is 0.649. The van der Waals surface area contributed by atoms with Crippen LogP contribution >= 0.6 is 15.9 Å². The molecule has 0 bridgehead atoms. The normalized spacial score (nSPS) is 13.2. The molecule has 0 aliphatic rings. The van der Waals surface area contributed by atoms with E-state index in [4.69, 9.17) is 0 Å². The Labute approximate surface area is 133 Å². The molecule has 0 aliphatic carbocycles. The predicted octanol–water partition coefficient (Wildman–Crippen LogP) is 3.52. The summed E-state index contributed by atoms with van der Waals surface area (Å²) in [6.45, 7) is 1.95. The highest BCUT2D eigenvalue weighted by Gasteiger charge is 2.12. The summed E-state index contributed by atoms with van der Waals surface area (Å²) < 4.78 is 24.9. The molecular weight excluding hydrogens is 352 g/mol. The van der Waals surface area contributed by atoms with E-state index in [0.717, 1.165) is 10.0 Å². The second-order valence-corrected chi connectivity index (χ2v) is 7.10. The summed E-state index contributed by atoms with van der Waals surface area (Å²) >= 11 is 3.26. The van der Waals surface area contributed by atoms with Crippen LogP contribution in [0.3, 0.4) is 0 Å². The lowest BCUT2D eigenvalue weighted by Crippen LogP contribution is -2.18. The van der Waals surface area contributed by atoms with Crippen molar-refractivity contribution in [1.82, 2.24) is 4.83 Å². The fourth-order valence-corrected chi connectivity index (χ4v) is 2.78. The van der Waals surface area contributed by atoms with Crippen molar-refractivity contribution in [2.75, 3.05) is 0 Å². The predicted molar refractivity (Wildman–Crippen MR) is 87.8 cm³/mol. The first-order valence-electron chi connectivity index (χ1n) is 6.34. The van der Waals surface area contributed by atoms with Crippen LogP contribution in [0.15, 0.2) is 69.1 Å².